The number of rotatable bonds is 44. The van der Waals surface area contributed by atoms with Crippen molar-refractivity contribution in [3.8, 4) is 0 Å². The Morgan fingerprint density at radius 1 is 0.338 bits per heavy atom. The van der Waals surface area contributed by atoms with E-state index >= 15 is 0 Å². The van der Waals surface area contributed by atoms with Crippen LogP contribution in [-0.2, 0) is 28.6 Å². The van der Waals surface area contributed by atoms with Crippen molar-refractivity contribution in [3.05, 3.63) is 134 Å². The van der Waals surface area contributed by atoms with Gasteiger partial charge >= 0.3 is 17.9 Å². The molecule has 0 amide bonds. The zero-order chi connectivity index (χ0) is 47.2. The highest BCUT2D eigenvalue weighted by Crippen LogP contribution is 2.12. The van der Waals surface area contributed by atoms with Gasteiger partial charge in [0.05, 0.1) is 0 Å². The molecule has 0 aliphatic carbocycles. The molecule has 0 spiro atoms. The second-order valence-electron chi connectivity index (χ2n) is 16.4. The first kappa shape index (κ1) is 60.5. The third kappa shape index (κ3) is 50.4. The number of carbonyl (C=O) groups excluding carboxylic acids is 3. The summed E-state index contributed by atoms with van der Waals surface area (Å²) in [6, 6.07) is 0. The van der Waals surface area contributed by atoms with Gasteiger partial charge in [-0.05, 0) is 96.3 Å². The van der Waals surface area contributed by atoms with Crippen LogP contribution < -0.4 is 0 Å². The topological polar surface area (TPSA) is 78.9 Å². The highest BCUT2D eigenvalue weighted by molar-refractivity contribution is 5.71. The van der Waals surface area contributed by atoms with Crippen molar-refractivity contribution in [3.63, 3.8) is 0 Å². The molecule has 0 aromatic carbocycles. The van der Waals surface area contributed by atoms with Gasteiger partial charge in [0.25, 0.3) is 0 Å². The minimum atomic E-state index is -0.839. The largest absolute Gasteiger partial charge is 0.462 e. The quantitative estimate of drug-likeness (QED) is 0.0199. The molecule has 0 radical (unpaired) electrons. The summed E-state index contributed by atoms with van der Waals surface area (Å²) in [4.78, 5) is 38.0. The van der Waals surface area contributed by atoms with Crippen LogP contribution in [-0.4, -0.2) is 37.2 Å². The Hall–Kier alpha value is -4.45. The molecule has 0 saturated heterocycles. The molecule has 0 bridgehead atoms. The lowest BCUT2D eigenvalue weighted by Crippen LogP contribution is -2.30. The Labute approximate surface area is 398 Å². The third-order valence-electron chi connectivity index (χ3n) is 10.3. The van der Waals surface area contributed by atoms with Gasteiger partial charge < -0.3 is 14.2 Å². The van der Waals surface area contributed by atoms with Gasteiger partial charge in [-0.3, -0.25) is 14.4 Å². The molecule has 0 aliphatic heterocycles. The predicted octanol–water partition coefficient (Wildman–Crippen LogP) is 17.1. The fraction of sp³-hybridized carbons (Fsp3) is 0.576. The van der Waals surface area contributed by atoms with Crippen molar-refractivity contribution in [2.75, 3.05) is 13.2 Å². The average molecular weight is 897 g/mol. The number of hydrogen-bond donors (Lipinski definition) is 0. The van der Waals surface area contributed by atoms with Gasteiger partial charge in [0, 0.05) is 19.3 Å². The zero-order valence-electron chi connectivity index (χ0n) is 41.4. The molecular weight excluding hydrogens is 805 g/mol. The van der Waals surface area contributed by atoms with E-state index in [4.69, 9.17) is 14.2 Å². The lowest BCUT2D eigenvalue weighted by molar-refractivity contribution is -0.166. The molecule has 0 aromatic rings. The number of esters is 3. The summed E-state index contributed by atoms with van der Waals surface area (Å²) in [5, 5.41) is 0. The van der Waals surface area contributed by atoms with E-state index in [9.17, 15) is 14.4 Å². The standard InChI is InChI=1S/C59H92O6/c1-4-7-10-13-16-19-22-25-27-29-30-32-34-37-40-43-46-49-52-58(61)64-55-56(54-63-57(60)51-48-45-42-39-36-33-24-21-18-15-12-9-6-3)65-59(62)53-50-47-44-41-38-35-31-28-26-23-20-17-14-11-8-5-2/h8-9,11-12,15,17-18,20-22,24-30,32,35,38,44,47,56H,4-7,10,13-14,16,19,23,31,33-34,36-37,39-43,45-46,48-55H2,1-3H3/b11-8+,12-9+,18-15+,20-17+,24-21+,25-22+,28-26+,29-27+,32-30+,38-35+,47-44+. The van der Waals surface area contributed by atoms with Crippen molar-refractivity contribution in [1.82, 2.24) is 0 Å². The molecule has 65 heavy (non-hydrogen) atoms. The van der Waals surface area contributed by atoms with E-state index in [0.29, 0.717) is 19.3 Å². The number of hydrogen-bond acceptors (Lipinski definition) is 6. The van der Waals surface area contributed by atoms with Crippen molar-refractivity contribution in [2.24, 2.45) is 0 Å². The first-order valence-corrected chi connectivity index (χ1v) is 25.8. The summed E-state index contributed by atoms with van der Waals surface area (Å²) in [7, 11) is 0. The van der Waals surface area contributed by atoms with Gasteiger partial charge in [-0.25, -0.2) is 0 Å². The molecule has 0 aliphatic rings. The maximum absolute atomic E-state index is 12.8. The summed E-state index contributed by atoms with van der Waals surface area (Å²) in [5.74, 6) is -1.06. The van der Waals surface area contributed by atoms with Gasteiger partial charge in [-0.1, -0.05) is 219 Å². The van der Waals surface area contributed by atoms with Crippen LogP contribution in [0, 0.1) is 0 Å². The predicted molar refractivity (Wildman–Crippen MR) is 279 cm³/mol. The summed E-state index contributed by atoms with van der Waals surface area (Å²) < 4.78 is 16.7. The fourth-order valence-electron chi connectivity index (χ4n) is 6.43. The normalized spacial score (nSPS) is 13.2. The first-order valence-electron chi connectivity index (χ1n) is 25.8. The highest BCUT2D eigenvalue weighted by Gasteiger charge is 2.19. The van der Waals surface area contributed by atoms with Gasteiger partial charge in [-0.2, -0.15) is 0 Å². The van der Waals surface area contributed by atoms with Gasteiger partial charge in [0.15, 0.2) is 6.10 Å². The minimum Gasteiger partial charge on any atom is -0.462 e. The monoisotopic (exact) mass is 897 g/mol. The van der Waals surface area contributed by atoms with Crippen LogP contribution in [0.3, 0.4) is 0 Å². The van der Waals surface area contributed by atoms with Crippen LogP contribution in [0.4, 0.5) is 0 Å². The van der Waals surface area contributed by atoms with E-state index in [1.807, 2.05) is 18.2 Å². The van der Waals surface area contributed by atoms with Crippen molar-refractivity contribution < 1.29 is 28.6 Å². The second-order valence-corrected chi connectivity index (χ2v) is 16.4. The number of allylic oxidation sites excluding steroid dienone is 22. The SMILES string of the molecule is CC/C=C/C=C/C=C/CCCCCCCC(=O)OCC(COC(=O)CCCCCCC/C=C/C=C/C=C/CCCCCCC)OC(=O)CC/C=C/C/C=C/C/C=C/C/C=C/C/C=C/CC. The highest BCUT2D eigenvalue weighted by atomic mass is 16.6. The van der Waals surface area contributed by atoms with Crippen molar-refractivity contribution >= 4 is 17.9 Å². The summed E-state index contributed by atoms with van der Waals surface area (Å²) >= 11 is 0. The van der Waals surface area contributed by atoms with Crippen LogP contribution in [0.15, 0.2) is 134 Å². The minimum absolute atomic E-state index is 0.130. The molecule has 1 atom stereocenters. The van der Waals surface area contributed by atoms with Crippen LogP contribution >= 0.6 is 0 Å². The van der Waals surface area contributed by atoms with E-state index < -0.39 is 12.1 Å². The Bertz CT molecular complexity index is 1450. The maximum atomic E-state index is 12.8. The molecule has 0 fully saturated rings. The molecule has 0 rings (SSSR count). The molecule has 0 aromatic heterocycles. The van der Waals surface area contributed by atoms with Gasteiger partial charge in [0.2, 0.25) is 0 Å². The molecule has 0 heterocycles. The Balaban J connectivity index is 4.58. The molecule has 0 saturated carbocycles. The molecular formula is C59H92O6. The van der Waals surface area contributed by atoms with Gasteiger partial charge in [0.1, 0.15) is 13.2 Å². The van der Waals surface area contributed by atoms with E-state index in [1.54, 1.807) is 0 Å². The molecule has 1 unspecified atom stereocenters. The van der Waals surface area contributed by atoms with E-state index in [-0.39, 0.29) is 31.6 Å². The number of unbranched alkanes of at least 4 members (excludes halogenated alkanes) is 15. The summed E-state index contributed by atoms with van der Waals surface area (Å²) in [6.45, 7) is 6.25. The number of ether oxygens (including phenoxy) is 3. The van der Waals surface area contributed by atoms with E-state index in [2.05, 4.69) is 136 Å². The number of carbonyl (C=O) groups is 3. The first-order chi connectivity index (χ1) is 32.0. The van der Waals surface area contributed by atoms with Crippen LogP contribution in [0.1, 0.15) is 201 Å². The molecule has 6 heteroatoms. The zero-order valence-corrected chi connectivity index (χ0v) is 41.4. The summed E-state index contributed by atoms with van der Waals surface area (Å²) in [6.07, 6.45) is 73.0. The lowest BCUT2D eigenvalue weighted by Gasteiger charge is -2.18. The maximum Gasteiger partial charge on any atom is 0.306 e. The van der Waals surface area contributed by atoms with E-state index in [0.717, 1.165) is 122 Å². The van der Waals surface area contributed by atoms with Crippen molar-refractivity contribution in [1.29, 1.82) is 0 Å². The molecule has 6 nitrogen and oxygen atoms in total. The van der Waals surface area contributed by atoms with Crippen molar-refractivity contribution in [2.45, 2.75) is 207 Å². The Morgan fingerprint density at radius 2 is 0.708 bits per heavy atom. The van der Waals surface area contributed by atoms with E-state index in [1.165, 1.54) is 32.1 Å². The smallest absolute Gasteiger partial charge is 0.306 e. The molecule has 364 valence electrons. The lowest BCUT2D eigenvalue weighted by atomic mass is 10.1. The Morgan fingerprint density at radius 3 is 1.14 bits per heavy atom. The summed E-state index contributed by atoms with van der Waals surface area (Å²) in [5.41, 5.74) is 0. The van der Waals surface area contributed by atoms with Crippen LogP contribution in [0.5, 0.6) is 0 Å². The third-order valence-corrected chi connectivity index (χ3v) is 10.3. The molecule has 0 N–H and O–H groups in total. The van der Waals surface area contributed by atoms with Crippen LogP contribution in [0.25, 0.3) is 0 Å². The average Bonchev–Trinajstić information content (AvgIpc) is 3.30. The second kappa shape index (κ2) is 52.2. The Kier molecular flexibility index (Phi) is 48.6. The van der Waals surface area contributed by atoms with Crippen LogP contribution in [0.2, 0.25) is 0 Å². The van der Waals surface area contributed by atoms with Gasteiger partial charge in [-0.15, -0.1) is 0 Å². The fourth-order valence-corrected chi connectivity index (χ4v) is 6.43.